The molecule has 0 spiro atoms. The first-order chi connectivity index (χ1) is 11.7. The Hall–Kier alpha value is -1.88. The fourth-order valence-electron chi connectivity index (χ4n) is 3.88. The molecule has 1 saturated carbocycles. The number of hydrogen-bond donors (Lipinski definition) is 1. The molecule has 2 aromatic rings. The summed E-state index contributed by atoms with van der Waals surface area (Å²) >= 11 is 1.67. The highest BCUT2D eigenvalue weighted by Gasteiger charge is 2.41. The topological polar surface area (TPSA) is 51.2 Å². The van der Waals surface area contributed by atoms with E-state index in [-0.39, 0.29) is 17.4 Å². The van der Waals surface area contributed by atoms with Gasteiger partial charge in [0.25, 0.3) is 0 Å². The van der Waals surface area contributed by atoms with Crippen molar-refractivity contribution in [2.24, 2.45) is 0 Å². The van der Waals surface area contributed by atoms with E-state index in [1.54, 1.807) is 11.3 Å². The zero-order chi connectivity index (χ0) is 16.6. The molecule has 1 aromatic carbocycles. The monoisotopic (exact) mass is 342 g/mol. The summed E-state index contributed by atoms with van der Waals surface area (Å²) in [6.45, 7) is 2.61. The lowest BCUT2D eigenvalue weighted by Crippen LogP contribution is -2.46. The number of benzene rings is 1. The molecule has 126 valence electrons. The molecule has 2 aliphatic rings. The molecule has 0 bridgehead atoms. The van der Waals surface area contributed by atoms with Crippen molar-refractivity contribution in [1.82, 2.24) is 10.3 Å². The summed E-state index contributed by atoms with van der Waals surface area (Å²) < 4.78 is 5.70. The van der Waals surface area contributed by atoms with Gasteiger partial charge >= 0.3 is 0 Å². The summed E-state index contributed by atoms with van der Waals surface area (Å²) in [6.07, 6.45) is 4.98. The van der Waals surface area contributed by atoms with Crippen LogP contribution in [0.4, 0.5) is 0 Å². The van der Waals surface area contributed by atoms with E-state index in [1.165, 1.54) is 0 Å². The molecule has 1 unspecified atom stereocenters. The highest BCUT2D eigenvalue weighted by Crippen LogP contribution is 2.41. The largest absolute Gasteiger partial charge is 0.493 e. The molecular formula is C19H22N2O2S. The van der Waals surface area contributed by atoms with Gasteiger partial charge in [0.2, 0.25) is 5.91 Å². The van der Waals surface area contributed by atoms with E-state index >= 15 is 0 Å². The number of carbonyl (C=O) groups excluding carboxylic acids is 1. The summed E-state index contributed by atoms with van der Waals surface area (Å²) in [5, 5.41) is 6.52. The number of nitrogens with zero attached hydrogens (tertiary/aromatic N) is 1. The molecule has 1 aliphatic carbocycles. The van der Waals surface area contributed by atoms with E-state index in [1.807, 2.05) is 31.2 Å². The number of rotatable bonds is 3. The lowest BCUT2D eigenvalue weighted by molar-refractivity contribution is -0.125. The van der Waals surface area contributed by atoms with Crippen LogP contribution in [-0.2, 0) is 10.3 Å². The molecule has 0 radical (unpaired) electrons. The van der Waals surface area contributed by atoms with Crippen molar-refractivity contribution in [3.8, 4) is 5.75 Å². The van der Waals surface area contributed by atoms with Gasteiger partial charge < -0.3 is 10.1 Å². The van der Waals surface area contributed by atoms with Crippen molar-refractivity contribution in [2.75, 3.05) is 6.61 Å². The number of ether oxygens (including phenoxy) is 1. The third-order valence-electron chi connectivity index (χ3n) is 5.12. The lowest BCUT2D eigenvalue weighted by atomic mass is 9.90. The average molecular weight is 342 g/mol. The van der Waals surface area contributed by atoms with Gasteiger partial charge in [0.05, 0.1) is 18.1 Å². The molecule has 1 fully saturated rings. The van der Waals surface area contributed by atoms with Gasteiger partial charge in [-0.15, -0.1) is 11.3 Å². The van der Waals surface area contributed by atoms with Crippen molar-refractivity contribution in [1.29, 1.82) is 0 Å². The van der Waals surface area contributed by atoms with Gasteiger partial charge in [-0.2, -0.15) is 0 Å². The van der Waals surface area contributed by atoms with Crippen LogP contribution in [0, 0.1) is 6.92 Å². The number of aryl methyl sites for hydroxylation is 1. The quantitative estimate of drug-likeness (QED) is 0.920. The van der Waals surface area contributed by atoms with Crippen molar-refractivity contribution in [2.45, 2.75) is 50.5 Å². The maximum Gasteiger partial charge on any atom is 0.228 e. The standard InChI is InChI=1S/C19H22N2O2S/c1-13-12-24-18(20-13)19(9-4-5-10-19)21-17(22)15-8-11-23-16-7-3-2-6-14(15)16/h2-3,6-7,12,15H,4-5,8-11H2,1H3,(H,21,22). The van der Waals surface area contributed by atoms with E-state index in [0.717, 1.165) is 54.1 Å². The third kappa shape index (κ3) is 2.71. The smallest absolute Gasteiger partial charge is 0.228 e. The van der Waals surface area contributed by atoms with Crippen LogP contribution in [-0.4, -0.2) is 17.5 Å². The number of aromatic nitrogens is 1. The minimum absolute atomic E-state index is 0.112. The van der Waals surface area contributed by atoms with Crippen LogP contribution in [0.2, 0.25) is 0 Å². The van der Waals surface area contributed by atoms with E-state index in [4.69, 9.17) is 4.74 Å². The normalized spacial score (nSPS) is 21.8. The number of thiazole rings is 1. The molecule has 1 aromatic heterocycles. The summed E-state index contributed by atoms with van der Waals surface area (Å²) in [5.74, 6) is 0.823. The van der Waals surface area contributed by atoms with E-state index in [9.17, 15) is 4.79 Å². The summed E-state index contributed by atoms with van der Waals surface area (Å²) in [6, 6.07) is 7.89. The molecule has 4 rings (SSSR count). The molecule has 1 amide bonds. The maximum atomic E-state index is 13.1. The van der Waals surface area contributed by atoms with Gasteiger partial charge in [0, 0.05) is 16.6 Å². The second-order valence-corrected chi connectivity index (χ2v) is 7.66. The number of nitrogens with one attached hydrogen (secondary N) is 1. The second-order valence-electron chi connectivity index (χ2n) is 6.80. The predicted octanol–water partition coefficient (Wildman–Crippen LogP) is 3.90. The number of amides is 1. The summed E-state index contributed by atoms with van der Waals surface area (Å²) in [5.41, 5.74) is 1.76. The molecule has 4 nitrogen and oxygen atoms in total. The molecule has 2 heterocycles. The van der Waals surface area contributed by atoms with Gasteiger partial charge in [-0.25, -0.2) is 4.98 Å². The first kappa shape index (κ1) is 15.6. The molecule has 0 saturated heterocycles. The molecule has 24 heavy (non-hydrogen) atoms. The SMILES string of the molecule is Cc1csc(C2(NC(=O)C3CCOc4ccccc43)CCCC2)n1. The second kappa shape index (κ2) is 6.20. The van der Waals surface area contributed by atoms with Crippen molar-refractivity contribution >= 4 is 17.2 Å². The van der Waals surface area contributed by atoms with Crippen molar-refractivity contribution < 1.29 is 9.53 Å². The summed E-state index contributed by atoms with van der Waals surface area (Å²) in [4.78, 5) is 17.8. The number of para-hydroxylation sites is 1. The predicted molar refractivity (Wildman–Crippen MR) is 94.4 cm³/mol. The van der Waals surface area contributed by atoms with Crippen LogP contribution in [0.5, 0.6) is 5.75 Å². The fourth-order valence-corrected chi connectivity index (χ4v) is 4.89. The van der Waals surface area contributed by atoms with Crippen LogP contribution in [0.3, 0.4) is 0 Å². The zero-order valence-electron chi connectivity index (χ0n) is 13.9. The Morgan fingerprint density at radius 3 is 2.88 bits per heavy atom. The Morgan fingerprint density at radius 2 is 2.12 bits per heavy atom. The van der Waals surface area contributed by atoms with Crippen molar-refractivity contribution in [3.63, 3.8) is 0 Å². The van der Waals surface area contributed by atoms with Crippen LogP contribution < -0.4 is 10.1 Å². The molecule has 1 aliphatic heterocycles. The van der Waals surface area contributed by atoms with Gasteiger partial charge in [-0.3, -0.25) is 4.79 Å². The number of fused-ring (bicyclic) bond motifs is 1. The third-order valence-corrected chi connectivity index (χ3v) is 6.29. The van der Waals surface area contributed by atoms with Crippen LogP contribution >= 0.6 is 11.3 Å². The Morgan fingerprint density at radius 1 is 1.33 bits per heavy atom. The highest BCUT2D eigenvalue weighted by molar-refractivity contribution is 7.09. The minimum atomic E-state index is -0.275. The lowest BCUT2D eigenvalue weighted by Gasteiger charge is -2.32. The maximum absolute atomic E-state index is 13.1. The van der Waals surface area contributed by atoms with Crippen LogP contribution in [0.15, 0.2) is 29.6 Å². The van der Waals surface area contributed by atoms with E-state index in [2.05, 4.69) is 15.7 Å². The van der Waals surface area contributed by atoms with Gasteiger partial charge in [0.15, 0.2) is 0 Å². The van der Waals surface area contributed by atoms with E-state index in [0.29, 0.717) is 6.61 Å². The first-order valence-corrected chi connectivity index (χ1v) is 9.52. The van der Waals surface area contributed by atoms with Gasteiger partial charge in [0.1, 0.15) is 10.8 Å². The number of carbonyl (C=O) groups is 1. The molecular weight excluding hydrogens is 320 g/mol. The van der Waals surface area contributed by atoms with E-state index < -0.39 is 0 Å². The molecule has 5 heteroatoms. The zero-order valence-corrected chi connectivity index (χ0v) is 14.7. The van der Waals surface area contributed by atoms with Gasteiger partial charge in [-0.1, -0.05) is 31.0 Å². The Bertz CT molecular complexity index is 749. The van der Waals surface area contributed by atoms with Crippen LogP contribution in [0.25, 0.3) is 0 Å². The molecule has 1 N–H and O–H groups in total. The van der Waals surface area contributed by atoms with Crippen LogP contribution in [0.1, 0.15) is 54.3 Å². The fraction of sp³-hybridized carbons (Fsp3) is 0.474. The minimum Gasteiger partial charge on any atom is -0.493 e. The first-order valence-electron chi connectivity index (χ1n) is 8.64. The summed E-state index contributed by atoms with van der Waals surface area (Å²) in [7, 11) is 0. The van der Waals surface area contributed by atoms with Crippen molar-refractivity contribution in [3.05, 3.63) is 45.9 Å². The average Bonchev–Trinajstić information content (AvgIpc) is 3.24. The Labute approximate surface area is 146 Å². The Balaban J connectivity index is 1.61. The highest BCUT2D eigenvalue weighted by atomic mass is 32.1. The molecule has 1 atom stereocenters. The Kier molecular flexibility index (Phi) is 4.04. The number of hydrogen-bond acceptors (Lipinski definition) is 4. The van der Waals surface area contributed by atoms with Gasteiger partial charge in [-0.05, 0) is 32.3 Å².